The first-order valence-electron chi connectivity index (χ1n) is 5.78. The van der Waals surface area contributed by atoms with E-state index in [4.69, 9.17) is 4.74 Å². The highest BCUT2D eigenvalue weighted by atomic mass is 19.4. The topological polar surface area (TPSA) is 21.3 Å². The Labute approximate surface area is 105 Å². The van der Waals surface area contributed by atoms with Gasteiger partial charge in [0.2, 0.25) is 0 Å². The van der Waals surface area contributed by atoms with Crippen molar-refractivity contribution in [3.05, 3.63) is 29.8 Å². The van der Waals surface area contributed by atoms with Gasteiger partial charge in [-0.1, -0.05) is 12.1 Å². The SMILES string of the molecule is COc1cccc(C(C)NC(C)CC(F)(F)F)c1. The fourth-order valence-electron chi connectivity index (χ4n) is 1.84. The van der Waals surface area contributed by atoms with Crippen LogP contribution in [0.2, 0.25) is 0 Å². The smallest absolute Gasteiger partial charge is 0.390 e. The average molecular weight is 261 g/mol. The van der Waals surface area contributed by atoms with Crippen LogP contribution in [-0.4, -0.2) is 19.3 Å². The van der Waals surface area contributed by atoms with E-state index in [9.17, 15) is 13.2 Å². The Morgan fingerprint density at radius 1 is 1.28 bits per heavy atom. The van der Waals surface area contributed by atoms with Crippen molar-refractivity contribution in [1.29, 1.82) is 0 Å². The van der Waals surface area contributed by atoms with Crippen LogP contribution in [0.15, 0.2) is 24.3 Å². The third-order valence-corrected chi connectivity index (χ3v) is 2.67. The van der Waals surface area contributed by atoms with Crippen molar-refractivity contribution >= 4 is 0 Å². The maximum atomic E-state index is 12.2. The number of methoxy groups -OCH3 is 1. The average Bonchev–Trinajstić information content (AvgIpc) is 2.26. The Balaban J connectivity index is 2.61. The minimum atomic E-state index is -4.14. The number of hydrogen-bond donors (Lipinski definition) is 1. The molecule has 0 aromatic heterocycles. The van der Waals surface area contributed by atoms with Crippen LogP contribution in [0.3, 0.4) is 0 Å². The maximum absolute atomic E-state index is 12.2. The lowest BCUT2D eigenvalue weighted by Crippen LogP contribution is -2.33. The molecule has 0 amide bonds. The summed E-state index contributed by atoms with van der Waals surface area (Å²) >= 11 is 0. The second-order valence-electron chi connectivity index (χ2n) is 4.39. The van der Waals surface area contributed by atoms with Crippen molar-refractivity contribution in [3.63, 3.8) is 0 Å². The highest BCUT2D eigenvalue weighted by Crippen LogP contribution is 2.24. The molecule has 1 aromatic rings. The Morgan fingerprint density at radius 3 is 2.50 bits per heavy atom. The fraction of sp³-hybridized carbons (Fsp3) is 0.538. The molecule has 0 radical (unpaired) electrons. The summed E-state index contributed by atoms with van der Waals surface area (Å²) < 4.78 is 41.7. The van der Waals surface area contributed by atoms with Gasteiger partial charge in [0.05, 0.1) is 13.5 Å². The first-order chi connectivity index (χ1) is 8.31. The molecule has 102 valence electrons. The molecule has 0 bridgehead atoms. The van der Waals surface area contributed by atoms with Gasteiger partial charge >= 0.3 is 6.18 Å². The summed E-state index contributed by atoms with van der Waals surface area (Å²) in [7, 11) is 1.56. The molecule has 2 atom stereocenters. The van der Waals surface area contributed by atoms with Crippen LogP contribution in [0.25, 0.3) is 0 Å². The number of alkyl halides is 3. The highest BCUT2D eigenvalue weighted by Gasteiger charge is 2.30. The minimum Gasteiger partial charge on any atom is -0.497 e. The van der Waals surface area contributed by atoms with E-state index in [-0.39, 0.29) is 6.04 Å². The van der Waals surface area contributed by atoms with Gasteiger partial charge in [-0.15, -0.1) is 0 Å². The molecular formula is C13H18F3NO. The summed E-state index contributed by atoms with van der Waals surface area (Å²) in [6, 6.07) is 6.53. The molecule has 1 N–H and O–H groups in total. The van der Waals surface area contributed by atoms with Crippen molar-refractivity contribution in [2.75, 3.05) is 7.11 Å². The van der Waals surface area contributed by atoms with E-state index in [1.54, 1.807) is 13.2 Å². The zero-order valence-electron chi connectivity index (χ0n) is 10.7. The Kier molecular flexibility index (Phi) is 5.02. The van der Waals surface area contributed by atoms with Gasteiger partial charge in [0, 0.05) is 12.1 Å². The Hall–Kier alpha value is -1.23. The second kappa shape index (κ2) is 6.09. The predicted molar refractivity (Wildman–Crippen MR) is 64.7 cm³/mol. The van der Waals surface area contributed by atoms with Crippen LogP contribution < -0.4 is 10.1 Å². The molecule has 0 aliphatic heterocycles. The summed E-state index contributed by atoms with van der Waals surface area (Å²) in [5, 5.41) is 2.93. The summed E-state index contributed by atoms with van der Waals surface area (Å²) in [4.78, 5) is 0. The monoisotopic (exact) mass is 261 g/mol. The van der Waals surface area contributed by atoms with E-state index < -0.39 is 18.6 Å². The van der Waals surface area contributed by atoms with Crippen LogP contribution in [0.1, 0.15) is 31.9 Å². The predicted octanol–water partition coefficient (Wildman–Crippen LogP) is 3.69. The molecule has 5 heteroatoms. The number of benzene rings is 1. The van der Waals surface area contributed by atoms with Crippen molar-refractivity contribution < 1.29 is 17.9 Å². The molecule has 0 aliphatic rings. The molecule has 0 fully saturated rings. The lowest BCUT2D eigenvalue weighted by molar-refractivity contribution is -0.139. The lowest BCUT2D eigenvalue weighted by atomic mass is 10.1. The molecule has 0 saturated carbocycles. The summed E-state index contributed by atoms with van der Waals surface area (Å²) in [5.74, 6) is 0.699. The fourth-order valence-corrected chi connectivity index (χ4v) is 1.84. The molecular weight excluding hydrogens is 243 g/mol. The largest absolute Gasteiger partial charge is 0.497 e. The van der Waals surface area contributed by atoms with E-state index in [0.717, 1.165) is 5.56 Å². The van der Waals surface area contributed by atoms with Crippen LogP contribution in [0.4, 0.5) is 13.2 Å². The summed E-state index contributed by atoms with van der Waals surface area (Å²) in [5.41, 5.74) is 0.906. The van der Waals surface area contributed by atoms with Crippen LogP contribution in [-0.2, 0) is 0 Å². The van der Waals surface area contributed by atoms with Gasteiger partial charge in [-0.25, -0.2) is 0 Å². The van der Waals surface area contributed by atoms with Gasteiger partial charge < -0.3 is 10.1 Å². The van der Waals surface area contributed by atoms with Crippen LogP contribution >= 0.6 is 0 Å². The normalized spacial score (nSPS) is 15.2. The van der Waals surface area contributed by atoms with Gasteiger partial charge in [0.25, 0.3) is 0 Å². The Bertz CT molecular complexity index is 379. The molecule has 2 nitrogen and oxygen atoms in total. The standard InChI is InChI=1S/C13H18F3NO/c1-9(8-13(14,15)16)17-10(2)11-5-4-6-12(7-11)18-3/h4-7,9-10,17H,8H2,1-3H3. The van der Waals surface area contributed by atoms with E-state index in [1.165, 1.54) is 6.92 Å². The van der Waals surface area contributed by atoms with Gasteiger partial charge in [-0.05, 0) is 31.5 Å². The summed E-state index contributed by atoms with van der Waals surface area (Å²) in [6.45, 7) is 3.37. The lowest BCUT2D eigenvalue weighted by Gasteiger charge is -2.21. The van der Waals surface area contributed by atoms with Gasteiger partial charge in [-0.3, -0.25) is 0 Å². The van der Waals surface area contributed by atoms with E-state index in [1.807, 2.05) is 25.1 Å². The molecule has 0 aliphatic carbocycles. The van der Waals surface area contributed by atoms with Gasteiger partial charge in [0.1, 0.15) is 5.75 Å². The van der Waals surface area contributed by atoms with E-state index >= 15 is 0 Å². The first kappa shape index (κ1) is 14.8. The number of rotatable bonds is 5. The minimum absolute atomic E-state index is 0.155. The van der Waals surface area contributed by atoms with Crippen molar-refractivity contribution in [3.8, 4) is 5.75 Å². The molecule has 1 rings (SSSR count). The number of ether oxygens (including phenoxy) is 1. The van der Waals surface area contributed by atoms with Crippen LogP contribution in [0, 0.1) is 0 Å². The molecule has 1 aromatic carbocycles. The quantitative estimate of drug-likeness (QED) is 0.872. The first-order valence-corrected chi connectivity index (χ1v) is 5.78. The number of hydrogen-bond acceptors (Lipinski definition) is 2. The van der Waals surface area contributed by atoms with Crippen molar-refractivity contribution in [2.24, 2.45) is 0 Å². The second-order valence-corrected chi connectivity index (χ2v) is 4.39. The highest BCUT2D eigenvalue weighted by molar-refractivity contribution is 5.30. The molecule has 0 heterocycles. The summed E-state index contributed by atoms with van der Waals surface area (Å²) in [6.07, 6.45) is -4.97. The molecule has 2 unspecified atom stereocenters. The molecule has 0 saturated heterocycles. The molecule has 18 heavy (non-hydrogen) atoms. The van der Waals surface area contributed by atoms with E-state index in [2.05, 4.69) is 5.32 Å². The van der Waals surface area contributed by atoms with Gasteiger partial charge in [0.15, 0.2) is 0 Å². The maximum Gasteiger partial charge on any atom is 0.390 e. The zero-order chi connectivity index (χ0) is 13.8. The molecule has 0 spiro atoms. The van der Waals surface area contributed by atoms with Crippen LogP contribution in [0.5, 0.6) is 5.75 Å². The number of nitrogens with one attached hydrogen (secondary N) is 1. The van der Waals surface area contributed by atoms with Gasteiger partial charge in [-0.2, -0.15) is 13.2 Å². The van der Waals surface area contributed by atoms with Crippen molar-refractivity contribution in [1.82, 2.24) is 5.32 Å². The third kappa shape index (κ3) is 4.96. The number of halogens is 3. The Morgan fingerprint density at radius 2 is 1.94 bits per heavy atom. The zero-order valence-corrected chi connectivity index (χ0v) is 10.7. The van der Waals surface area contributed by atoms with E-state index in [0.29, 0.717) is 5.75 Å². The van der Waals surface area contributed by atoms with Crippen molar-refractivity contribution in [2.45, 2.75) is 38.5 Å². The third-order valence-electron chi connectivity index (χ3n) is 2.67.